The van der Waals surface area contributed by atoms with Crippen LogP contribution in [0.15, 0.2) is 24.3 Å². The molecule has 0 unspecified atom stereocenters. The first-order valence-electron chi connectivity index (χ1n) is 6.03. The van der Waals surface area contributed by atoms with E-state index in [1.54, 1.807) is 0 Å². The summed E-state index contributed by atoms with van der Waals surface area (Å²) >= 11 is 0. The Morgan fingerprint density at radius 3 is 2.72 bits per heavy atom. The van der Waals surface area contributed by atoms with E-state index in [1.807, 2.05) is 31.2 Å². The number of β-amino-alcohol motifs (C(OH)–C–C–N with tert-alkyl or cyclic N) is 1. The van der Waals surface area contributed by atoms with Crippen LogP contribution in [0.4, 0.5) is 10.5 Å². The predicted octanol–water partition coefficient (Wildman–Crippen LogP) is 0.954. The van der Waals surface area contributed by atoms with Gasteiger partial charge in [0.1, 0.15) is 0 Å². The van der Waals surface area contributed by atoms with E-state index in [2.05, 4.69) is 5.32 Å². The molecule has 0 aromatic heterocycles. The maximum absolute atomic E-state index is 12.0. The molecule has 0 spiro atoms. The summed E-state index contributed by atoms with van der Waals surface area (Å²) in [7, 11) is 0. The highest BCUT2D eigenvalue weighted by atomic mass is 16.3. The number of hydrogen-bond acceptors (Lipinski definition) is 3. The van der Waals surface area contributed by atoms with Gasteiger partial charge < -0.3 is 20.4 Å². The van der Waals surface area contributed by atoms with Crippen LogP contribution in [0, 0.1) is 6.92 Å². The average molecular weight is 250 g/mol. The van der Waals surface area contributed by atoms with Gasteiger partial charge in [-0.1, -0.05) is 17.7 Å². The van der Waals surface area contributed by atoms with Crippen molar-refractivity contribution < 1.29 is 15.0 Å². The second-order valence-electron chi connectivity index (χ2n) is 4.67. The summed E-state index contributed by atoms with van der Waals surface area (Å²) in [6.07, 6.45) is -0.122. The van der Waals surface area contributed by atoms with E-state index in [1.165, 1.54) is 4.90 Å². The summed E-state index contributed by atoms with van der Waals surface area (Å²) in [5.41, 5.74) is 1.83. The van der Waals surface area contributed by atoms with Crippen LogP contribution in [0.2, 0.25) is 0 Å². The number of carbonyl (C=O) groups excluding carboxylic acids is 1. The SMILES string of the molecule is Cc1ccc(NC(=O)N2C[C@H](O)C[C@@H]2CO)cc1. The van der Waals surface area contributed by atoms with E-state index in [0.29, 0.717) is 12.1 Å². The van der Waals surface area contributed by atoms with Gasteiger partial charge in [0.25, 0.3) is 0 Å². The lowest BCUT2D eigenvalue weighted by Crippen LogP contribution is -2.40. The van der Waals surface area contributed by atoms with E-state index in [-0.39, 0.29) is 25.2 Å². The number of hydrogen-bond donors (Lipinski definition) is 3. The number of nitrogens with zero attached hydrogens (tertiary/aromatic N) is 1. The van der Waals surface area contributed by atoms with Gasteiger partial charge in [0.15, 0.2) is 0 Å². The van der Waals surface area contributed by atoms with Crippen molar-refractivity contribution in [1.29, 1.82) is 0 Å². The van der Waals surface area contributed by atoms with Gasteiger partial charge in [-0.15, -0.1) is 0 Å². The summed E-state index contributed by atoms with van der Waals surface area (Å²) in [4.78, 5) is 13.5. The van der Waals surface area contributed by atoms with Gasteiger partial charge in [-0.05, 0) is 25.5 Å². The monoisotopic (exact) mass is 250 g/mol. The van der Waals surface area contributed by atoms with Crippen molar-refractivity contribution in [3.05, 3.63) is 29.8 Å². The van der Waals surface area contributed by atoms with Gasteiger partial charge in [-0.2, -0.15) is 0 Å². The lowest BCUT2D eigenvalue weighted by atomic mass is 10.2. The van der Waals surface area contributed by atoms with E-state index < -0.39 is 6.10 Å². The fraction of sp³-hybridized carbons (Fsp3) is 0.462. The van der Waals surface area contributed by atoms with Crippen molar-refractivity contribution in [3.8, 4) is 0 Å². The molecule has 2 atom stereocenters. The van der Waals surface area contributed by atoms with Crippen LogP contribution in [-0.2, 0) is 0 Å². The second kappa shape index (κ2) is 5.37. The third-order valence-corrected chi connectivity index (χ3v) is 3.17. The molecule has 2 amide bonds. The Labute approximate surface area is 106 Å². The van der Waals surface area contributed by atoms with Crippen LogP contribution in [0.5, 0.6) is 0 Å². The van der Waals surface area contributed by atoms with Crippen molar-refractivity contribution >= 4 is 11.7 Å². The zero-order valence-corrected chi connectivity index (χ0v) is 10.3. The molecule has 0 saturated carbocycles. The summed E-state index contributed by atoms with van der Waals surface area (Å²) in [5, 5.41) is 21.5. The van der Waals surface area contributed by atoms with Crippen molar-refractivity contribution in [1.82, 2.24) is 4.90 Å². The number of likely N-dealkylation sites (tertiary alicyclic amines) is 1. The first-order valence-corrected chi connectivity index (χ1v) is 6.03. The highest BCUT2D eigenvalue weighted by Crippen LogP contribution is 2.19. The number of rotatable bonds is 2. The molecular weight excluding hydrogens is 232 g/mol. The van der Waals surface area contributed by atoms with Gasteiger partial charge in [-0.25, -0.2) is 4.79 Å². The standard InChI is InChI=1S/C13H18N2O3/c1-9-2-4-10(5-3-9)14-13(18)15-7-12(17)6-11(15)8-16/h2-5,11-12,16-17H,6-8H2,1H3,(H,14,18)/t11-,12-/m1/s1. The molecule has 1 aromatic rings. The molecule has 0 bridgehead atoms. The predicted molar refractivity (Wildman–Crippen MR) is 68.4 cm³/mol. The van der Waals surface area contributed by atoms with Crippen LogP contribution < -0.4 is 5.32 Å². The number of anilines is 1. The van der Waals surface area contributed by atoms with Crippen LogP contribution >= 0.6 is 0 Å². The van der Waals surface area contributed by atoms with Gasteiger partial charge >= 0.3 is 6.03 Å². The summed E-state index contributed by atoms with van der Waals surface area (Å²) in [5.74, 6) is 0. The summed E-state index contributed by atoms with van der Waals surface area (Å²) in [6.45, 7) is 2.12. The normalized spacial score (nSPS) is 23.2. The van der Waals surface area contributed by atoms with Gasteiger partial charge in [0, 0.05) is 12.2 Å². The highest BCUT2D eigenvalue weighted by Gasteiger charge is 2.33. The zero-order chi connectivity index (χ0) is 13.1. The lowest BCUT2D eigenvalue weighted by Gasteiger charge is -2.23. The second-order valence-corrected chi connectivity index (χ2v) is 4.67. The molecule has 0 radical (unpaired) electrons. The maximum atomic E-state index is 12.0. The number of amides is 2. The number of urea groups is 1. The van der Waals surface area contributed by atoms with Crippen molar-refractivity contribution in [2.75, 3.05) is 18.5 Å². The van der Waals surface area contributed by atoms with Crippen molar-refractivity contribution in [2.24, 2.45) is 0 Å². The molecule has 1 fully saturated rings. The van der Waals surface area contributed by atoms with E-state index >= 15 is 0 Å². The number of benzene rings is 1. The fourth-order valence-corrected chi connectivity index (χ4v) is 2.15. The molecule has 98 valence electrons. The van der Waals surface area contributed by atoms with E-state index in [0.717, 1.165) is 5.56 Å². The van der Waals surface area contributed by atoms with Crippen molar-refractivity contribution in [3.63, 3.8) is 0 Å². The molecular formula is C13H18N2O3. The number of aliphatic hydroxyl groups is 2. The number of aliphatic hydroxyl groups excluding tert-OH is 2. The molecule has 0 aliphatic carbocycles. The Morgan fingerprint density at radius 1 is 1.44 bits per heavy atom. The molecule has 3 N–H and O–H groups in total. The van der Waals surface area contributed by atoms with E-state index in [4.69, 9.17) is 0 Å². The first-order chi connectivity index (χ1) is 8.60. The quantitative estimate of drug-likeness (QED) is 0.732. The molecule has 5 heteroatoms. The molecule has 1 aromatic carbocycles. The number of aryl methyl sites for hydroxylation is 1. The molecule has 18 heavy (non-hydrogen) atoms. The van der Waals surface area contributed by atoms with Crippen LogP contribution in [0.25, 0.3) is 0 Å². The fourth-order valence-electron chi connectivity index (χ4n) is 2.15. The topological polar surface area (TPSA) is 72.8 Å². The minimum atomic E-state index is -0.550. The molecule has 1 heterocycles. The third kappa shape index (κ3) is 2.80. The summed E-state index contributed by atoms with van der Waals surface area (Å²) < 4.78 is 0. The smallest absolute Gasteiger partial charge is 0.322 e. The Hall–Kier alpha value is -1.59. The molecule has 2 rings (SSSR count). The average Bonchev–Trinajstić information content (AvgIpc) is 2.73. The molecule has 1 aliphatic heterocycles. The van der Waals surface area contributed by atoms with Crippen LogP contribution in [-0.4, -0.2) is 46.4 Å². The largest absolute Gasteiger partial charge is 0.394 e. The van der Waals surface area contributed by atoms with E-state index in [9.17, 15) is 15.0 Å². The van der Waals surface area contributed by atoms with Crippen molar-refractivity contribution in [2.45, 2.75) is 25.5 Å². The Kier molecular flexibility index (Phi) is 3.84. The minimum absolute atomic E-state index is 0.127. The van der Waals surface area contributed by atoms with Crippen LogP contribution in [0.3, 0.4) is 0 Å². The Balaban J connectivity index is 2.01. The molecule has 5 nitrogen and oxygen atoms in total. The minimum Gasteiger partial charge on any atom is -0.394 e. The molecule has 1 saturated heterocycles. The maximum Gasteiger partial charge on any atom is 0.322 e. The van der Waals surface area contributed by atoms with Gasteiger partial charge in [0.2, 0.25) is 0 Å². The molecule has 1 aliphatic rings. The number of nitrogens with one attached hydrogen (secondary N) is 1. The summed E-state index contributed by atoms with van der Waals surface area (Å²) in [6, 6.07) is 6.90. The highest BCUT2D eigenvalue weighted by molar-refractivity contribution is 5.89. The van der Waals surface area contributed by atoms with Gasteiger partial charge in [0.05, 0.1) is 18.8 Å². The number of carbonyl (C=O) groups is 1. The zero-order valence-electron chi connectivity index (χ0n) is 10.3. The Morgan fingerprint density at radius 2 is 2.11 bits per heavy atom. The lowest BCUT2D eigenvalue weighted by molar-refractivity contribution is 0.164. The van der Waals surface area contributed by atoms with Crippen LogP contribution in [0.1, 0.15) is 12.0 Å². The first kappa shape index (κ1) is 12.9. The van der Waals surface area contributed by atoms with Gasteiger partial charge in [-0.3, -0.25) is 0 Å². The third-order valence-electron chi connectivity index (χ3n) is 3.17. The Bertz CT molecular complexity index is 419.